The van der Waals surface area contributed by atoms with Crippen molar-refractivity contribution in [3.05, 3.63) is 18.2 Å². The molecule has 1 aliphatic heterocycles. The lowest BCUT2D eigenvalue weighted by molar-refractivity contribution is -0.120. The number of nitrogens with one attached hydrogen (secondary N) is 2. The van der Waals surface area contributed by atoms with Crippen LogP contribution in [-0.4, -0.2) is 45.4 Å². The molecule has 0 radical (unpaired) electrons. The molecule has 6 nitrogen and oxygen atoms in total. The summed E-state index contributed by atoms with van der Waals surface area (Å²) in [5.41, 5.74) is 0.673. The highest BCUT2D eigenvalue weighted by Crippen LogP contribution is 2.30. The van der Waals surface area contributed by atoms with Crippen LogP contribution in [0.1, 0.15) is 6.92 Å². The molecular weight excluding hydrogens is 260 g/mol. The second kappa shape index (κ2) is 7.12. The van der Waals surface area contributed by atoms with Crippen molar-refractivity contribution in [3.8, 4) is 11.5 Å². The minimum atomic E-state index is -0.318. The summed E-state index contributed by atoms with van der Waals surface area (Å²) >= 11 is 0. The lowest BCUT2D eigenvalue weighted by Crippen LogP contribution is -2.48. The van der Waals surface area contributed by atoms with Crippen LogP contribution >= 0.6 is 0 Å². The number of ether oxygens (including phenoxy) is 3. The Morgan fingerprint density at radius 2 is 2.35 bits per heavy atom. The molecule has 0 spiro atoms. The zero-order chi connectivity index (χ0) is 14.4. The minimum absolute atomic E-state index is 0.114. The average Bonchev–Trinajstić information content (AvgIpc) is 2.49. The van der Waals surface area contributed by atoms with Gasteiger partial charge in [0.2, 0.25) is 5.91 Å². The molecule has 0 saturated carbocycles. The summed E-state index contributed by atoms with van der Waals surface area (Å²) in [6.45, 7) is 4.14. The van der Waals surface area contributed by atoms with Gasteiger partial charge in [0.25, 0.3) is 0 Å². The molecule has 0 aliphatic carbocycles. The molecule has 2 N–H and O–H groups in total. The number of hydrogen-bond acceptors (Lipinski definition) is 5. The Morgan fingerprint density at radius 1 is 1.50 bits per heavy atom. The molecule has 2 rings (SSSR count). The Morgan fingerprint density at radius 3 is 3.00 bits per heavy atom. The first-order valence-electron chi connectivity index (χ1n) is 6.67. The number of rotatable bonds is 5. The number of morpholine rings is 1. The second-order valence-electron chi connectivity index (χ2n) is 4.37. The van der Waals surface area contributed by atoms with Crippen LogP contribution in [0.4, 0.5) is 5.69 Å². The first-order chi connectivity index (χ1) is 9.74. The van der Waals surface area contributed by atoms with Crippen molar-refractivity contribution >= 4 is 11.6 Å². The molecule has 20 heavy (non-hydrogen) atoms. The molecule has 0 bridgehead atoms. The van der Waals surface area contributed by atoms with Crippen molar-refractivity contribution in [3.63, 3.8) is 0 Å². The minimum Gasteiger partial charge on any atom is -0.493 e. The maximum absolute atomic E-state index is 12.1. The van der Waals surface area contributed by atoms with Gasteiger partial charge in [-0.25, -0.2) is 0 Å². The van der Waals surface area contributed by atoms with Crippen molar-refractivity contribution in [2.24, 2.45) is 0 Å². The third kappa shape index (κ3) is 3.61. The molecule has 1 atom stereocenters. The van der Waals surface area contributed by atoms with E-state index in [4.69, 9.17) is 14.2 Å². The summed E-state index contributed by atoms with van der Waals surface area (Å²) in [5.74, 6) is 1.14. The van der Waals surface area contributed by atoms with Crippen molar-refractivity contribution in [1.29, 1.82) is 0 Å². The van der Waals surface area contributed by atoms with Gasteiger partial charge in [-0.1, -0.05) is 0 Å². The summed E-state index contributed by atoms with van der Waals surface area (Å²) in [7, 11) is 1.58. The van der Waals surface area contributed by atoms with Crippen LogP contribution in [0.2, 0.25) is 0 Å². The predicted molar refractivity (Wildman–Crippen MR) is 75.4 cm³/mol. The Hall–Kier alpha value is -1.79. The monoisotopic (exact) mass is 280 g/mol. The van der Waals surface area contributed by atoms with Crippen molar-refractivity contribution in [2.75, 3.05) is 38.8 Å². The van der Waals surface area contributed by atoms with E-state index in [2.05, 4.69) is 10.6 Å². The molecule has 1 aromatic rings. The van der Waals surface area contributed by atoms with Crippen LogP contribution in [0.15, 0.2) is 18.2 Å². The van der Waals surface area contributed by atoms with E-state index in [9.17, 15) is 4.79 Å². The fourth-order valence-electron chi connectivity index (χ4n) is 1.99. The lowest BCUT2D eigenvalue weighted by atomic mass is 10.2. The summed E-state index contributed by atoms with van der Waals surface area (Å²) in [6, 6.07) is 4.99. The van der Waals surface area contributed by atoms with Crippen molar-refractivity contribution in [2.45, 2.75) is 13.0 Å². The van der Waals surface area contributed by atoms with Crippen LogP contribution in [0.3, 0.4) is 0 Å². The van der Waals surface area contributed by atoms with Gasteiger partial charge in [0, 0.05) is 18.3 Å². The Bertz CT molecular complexity index is 458. The van der Waals surface area contributed by atoms with E-state index in [-0.39, 0.29) is 11.9 Å². The fraction of sp³-hybridized carbons (Fsp3) is 0.500. The van der Waals surface area contributed by atoms with E-state index >= 15 is 0 Å². The lowest BCUT2D eigenvalue weighted by Gasteiger charge is -2.23. The maximum atomic E-state index is 12.1. The average molecular weight is 280 g/mol. The van der Waals surface area contributed by atoms with Crippen LogP contribution in [0.5, 0.6) is 11.5 Å². The van der Waals surface area contributed by atoms with Gasteiger partial charge in [-0.2, -0.15) is 0 Å². The number of amides is 1. The third-order valence-corrected chi connectivity index (χ3v) is 2.97. The molecule has 110 valence electrons. The van der Waals surface area contributed by atoms with Crippen LogP contribution in [0, 0.1) is 0 Å². The van der Waals surface area contributed by atoms with Crippen LogP contribution < -0.4 is 20.1 Å². The number of carbonyl (C=O) groups excluding carboxylic acids is 1. The van der Waals surface area contributed by atoms with Crippen molar-refractivity contribution < 1.29 is 19.0 Å². The normalized spacial score (nSPS) is 18.4. The second-order valence-corrected chi connectivity index (χ2v) is 4.37. The number of methoxy groups -OCH3 is 1. The Labute approximate surface area is 118 Å². The first-order valence-corrected chi connectivity index (χ1v) is 6.67. The van der Waals surface area contributed by atoms with Gasteiger partial charge in [-0.3, -0.25) is 4.79 Å². The zero-order valence-electron chi connectivity index (χ0n) is 11.8. The SMILES string of the molecule is CCOc1cc(NC(=O)C2COCCN2)ccc1OC. The smallest absolute Gasteiger partial charge is 0.243 e. The van der Waals surface area contributed by atoms with E-state index < -0.39 is 0 Å². The van der Waals surface area contributed by atoms with Gasteiger partial charge in [0.05, 0.1) is 26.9 Å². The maximum Gasteiger partial charge on any atom is 0.243 e. The fourth-order valence-corrected chi connectivity index (χ4v) is 1.99. The molecule has 1 aliphatic rings. The number of anilines is 1. The van der Waals surface area contributed by atoms with Crippen molar-refractivity contribution in [1.82, 2.24) is 5.32 Å². The molecular formula is C14H20N2O4. The quantitative estimate of drug-likeness (QED) is 0.843. The largest absolute Gasteiger partial charge is 0.493 e. The van der Waals surface area contributed by atoms with E-state index in [1.807, 2.05) is 6.92 Å². The molecule has 1 fully saturated rings. The molecule has 1 amide bonds. The molecule has 1 saturated heterocycles. The van der Waals surface area contributed by atoms with Gasteiger partial charge in [0.1, 0.15) is 6.04 Å². The van der Waals surface area contributed by atoms with E-state index in [1.165, 1.54) is 0 Å². The number of benzene rings is 1. The van der Waals surface area contributed by atoms with Gasteiger partial charge in [-0.15, -0.1) is 0 Å². The Balaban J connectivity index is 2.04. The highest BCUT2D eigenvalue weighted by molar-refractivity contribution is 5.95. The molecule has 1 aromatic carbocycles. The zero-order valence-corrected chi connectivity index (χ0v) is 11.8. The van der Waals surface area contributed by atoms with Crippen LogP contribution in [-0.2, 0) is 9.53 Å². The van der Waals surface area contributed by atoms with E-state index in [1.54, 1.807) is 25.3 Å². The van der Waals surface area contributed by atoms with Gasteiger partial charge in [-0.05, 0) is 19.1 Å². The van der Waals surface area contributed by atoms with Gasteiger partial charge < -0.3 is 24.8 Å². The molecule has 1 unspecified atom stereocenters. The van der Waals surface area contributed by atoms with E-state index in [0.29, 0.717) is 43.6 Å². The van der Waals surface area contributed by atoms with Gasteiger partial charge in [0.15, 0.2) is 11.5 Å². The highest BCUT2D eigenvalue weighted by Gasteiger charge is 2.21. The highest BCUT2D eigenvalue weighted by atomic mass is 16.5. The summed E-state index contributed by atoms with van der Waals surface area (Å²) in [4.78, 5) is 12.1. The summed E-state index contributed by atoms with van der Waals surface area (Å²) in [6.07, 6.45) is 0. The summed E-state index contributed by atoms with van der Waals surface area (Å²) in [5, 5.41) is 5.95. The van der Waals surface area contributed by atoms with Crippen LogP contribution in [0.25, 0.3) is 0 Å². The molecule has 0 aromatic heterocycles. The van der Waals surface area contributed by atoms with Gasteiger partial charge >= 0.3 is 0 Å². The first kappa shape index (κ1) is 14.6. The number of hydrogen-bond donors (Lipinski definition) is 2. The van der Waals surface area contributed by atoms with E-state index in [0.717, 1.165) is 0 Å². The molecule has 6 heteroatoms. The third-order valence-electron chi connectivity index (χ3n) is 2.97. The Kier molecular flexibility index (Phi) is 5.20. The topological polar surface area (TPSA) is 68.8 Å². The summed E-state index contributed by atoms with van der Waals surface area (Å²) < 4.78 is 16.0. The predicted octanol–water partition coefficient (Wildman–Crippen LogP) is 1.02. The number of carbonyl (C=O) groups is 1. The standard InChI is InChI=1S/C14H20N2O4/c1-3-20-13-8-10(4-5-12(13)18-2)16-14(17)11-9-19-7-6-15-11/h4-5,8,11,15H,3,6-7,9H2,1-2H3,(H,16,17). The molecule has 1 heterocycles.